The van der Waals surface area contributed by atoms with E-state index in [1.54, 1.807) is 35.4 Å². The lowest BCUT2D eigenvalue weighted by Gasteiger charge is -2.39. The fourth-order valence-electron chi connectivity index (χ4n) is 2.97. The minimum absolute atomic E-state index is 0.0355. The van der Waals surface area contributed by atoms with E-state index in [-0.39, 0.29) is 17.6 Å². The Bertz CT molecular complexity index is 853. The van der Waals surface area contributed by atoms with E-state index in [9.17, 15) is 9.18 Å². The van der Waals surface area contributed by atoms with Gasteiger partial charge in [-0.3, -0.25) is 4.79 Å². The van der Waals surface area contributed by atoms with Crippen molar-refractivity contribution in [3.8, 4) is 11.3 Å². The lowest BCUT2D eigenvalue weighted by Crippen LogP contribution is -2.48. The topological polar surface area (TPSA) is 46.3 Å². The monoisotopic (exact) mass is 322 g/mol. The molecule has 3 aromatic rings. The second-order valence-electron chi connectivity index (χ2n) is 5.87. The van der Waals surface area contributed by atoms with Gasteiger partial charge in [0.15, 0.2) is 12.2 Å². The molecule has 1 aliphatic heterocycles. The first kappa shape index (κ1) is 14.6. The number of amides is 1. The van der Waals surface area contributed by atoms with E-state index >= 15 is 0 Å². The Balaban J connectivity index is 1.43. The minimum atomic E-state index is -0.203. The van der Waals surface area contributed by atoms with E-state index in [0.29, 0.717) is 30.0 Å². The van der Waals surface area contributed by atoms with Gasteiger partial charge >= 0.3 is 0 Å². The Morgan fingerprint density at radius 2 is 1.88 bits per heavy atom. The Morgan fingerprint density at radius 3 is 2.54 bits per heavy atom. The highest BCUT2D eigenvalue weighted by Gasteiger charge is 2.33. The number of hydrogen-bond acceptors (Lipinski definition) is 3. The molecular weight excluding hydrogens is 307 g/mol. The van der Waals surface area contributed by atoms with E-state index in [4.69, 9.17) is 4.42 Å². The van der Waals surface area contributed by atoms with Gasteiger partial charge in [0.25, 0.3) is 5.91 Å². The van der Waals surface area contributed by atoms with Gasteiger partial charge in [-0.25, -0.2) is 9.37 Å². The van der Waals surface area contributed by atoms with Gasteiger partial charge in [-0.05, 0) is 23.8 Å². The minimum Gasteiger partial charge on any atom is -0.444 e. The van der Waals surface area contributed by atoms with E-state index in [1.165, 1.54) is 12.5 Å². The van der Waals surface area contributed by atoms with Crippen LogP contribution in [0.3, 0.4) is 0 Å². The third-order valence-electron chi connectivity index (χ3n) is 4.36. The van der Waals surface area contributed by atoms with E-state index < -0.39 is 0 Å². The number of oxazole rings is 1. The average molecular weight is 322 g/mol. The summed E-state index contributed by atoms with van der Waals surface area (Å²) in [6, 6.07) is 14.0. The van der Waals surface area contributed by atoms with E-state index in [1.807, 2.05) is 18.2 Å². The van der Waals surface area contributed by atoms with Gasteiger partial charge < -0.3 is 9.32 Å². The molecule has 0 aliphatic carbocycles. The first-order valence-corrected chi connectivity index (χ1v) is 7.75. The predicted octanol–water partition coefficient (Wildman–Crippen LogP) is 3.72. The lowest BCUT2D eigenvalue weighted by atomic mass is 9.90. The summed E-state index contributed by atoms with van der Waals surface area (Å²) < 4.78 is 19.0. The summed E-state index contributed by atoms with van der Waals surface area (Å²) >= 11 is 0. The maximum atomic E-state index is 13.8. The average Bonchev–Trinajstić information content (AvgIpc) is 3.10. The molecule has 1 aromatic heterocycles. The number of nitrogens with zero attached hydrogens (tertiary/aromatic N) is 2. The largest absolute Gasteiger partial charge is 0.444 e. The highest BCUT2D eigenvalue weighted by atomic mass is 19.1. The van der Waals surface area contributed by atoms with Crippen molar-refractivity contribution >= 4 is 5.91 Å². The van der Waals surface area contributed by atoms with Gasteiger partial charge in [0.1, 0.15) is 5.82 Å². The molecule has 0 bridgehead atoms. The summed E-state index contributed by atoms with van der Waals surface area (Å²) in [6.07, 6.45) is 3.00. The van der Waals surface area contributed by atoms with E-state index in [2.05, 4.69) is 4.98 Å². The fourth-order valence-corrected chi connectivity index (χ4v) is 2.97. The van der Waals surface area contributed by atoms with Gasteiger partial charge in [0, 0.05) is 30.1 Å². The van der Waals surface area contributed by atoms with Crippen LogP contribution < -0.4 is 0 Å². The highest BCUT2D eigenvalue weighted by Crippen LogP contribution is 2.30. The molecule has 1 amide bonds. The van der Waals surface area contributed by atoms with Crippen LogP contribution in [0.5, 0.6) is 0 Å². The summed E-state index contributed by atoms with van der Waals surface area (Å²) in [5.41, 5.74) is 2.17. The van der Waals surface area contributed by atoms with Crippen molar-refractivity contribution in [3.63, 3.8) is 0 Å². The second kappa shape index (κ2) is 5.92. The molecule has 2 aromatic carbocycles. The molecule has 1 fully saturated rings. The Morgan fingerprint density at radius 1 is 1.12 bits per heavy atom. The molecule has 1 aliphatic rings. The van der Waals surface area contributed by atoms with Crippen molar-refractivity contribution in [2.75, 3.05) is 13.1 Å². The first-order chi connectivity index (χ1) is 11.7. The molecule has 2 heterocycles. The summed E-state index contributed by atoms with van der Waals surface area (Å²) in [6.45, 7) is 1.09. The second-order valence-corrected chi connectivity index (χ2v) is 5.87. The molecular formula is C19H15FN2O2. The first-order valence-electron chi connectivity index (χ1n) is 7.75. The van der Waals surface area contributed by atoms with Gasteiger partial charge in [-0.2, -0.15) is 0 Å². The molecule has 120 valence electrons. The number of carbonyl (C=O) groups excluding carboxylic acids is 1. The Kier molecular flexibility index (Phi) is 3.61. The molecule has 0 saturated carbocycles. The number of carbonyl (C=O) groups is 1. The van der Waals surface area contributed by atoms with Gasteiger partial charge in [-0.1, -0.05) is 30.3 Å². The van der Waals surface area contributed by atoms with Crippen molar-refractivity contribution in [3.05, 3.63) is 78.1 Å². The van der Waals surface area contributed by atoms with Crippen molar-refractivity contribution in [1.29, 1.82) is 0 Å². The van der Waals surface area contributed by atoms with Crippen LogP contribution in [-0.4, -0.2) is 28.9 Å². The predicted molar refractivity (Wildman–Crippen MR) is 87.0 cm³/mol. The maximum Gasteiger partial charge on any atom is 0.253 e. The van der Waals surface area contributed by atoms with Crippen LogP contribution in [0, 0.1) is 5.82 Å². The number of halogens is 1. The van der Waals surface area contributed by atoms with Crippen LogP contribution in [0.1, 0.15) is 21.8 Å². The summed E-state index contributed by atoms with van der Waals surface area (Å²) in [7, 11) is 0. The maximum absolute atomic E-state index is 13.8. The van der Waals surface area contributed by atoms with Gasteiger partial charge in [0.2, 0.25) is 0 Å². The fraction of sp³-hybridized carbons (Fsp3) is 0.158. The van der Waals surface area contributed by atoms with Crippen LogP contribution in [0.4, 0.5) is 4.39 Å². The smallest absolute Gasteiger partial charge is 0.253 e. The molecule has 0 unspecified atom stereocenters. The summed E-state index contributed by atoms with van der Waals surface area (Å²) in [5, 5.41) is 0. The van der Waals surface area contributed by atoms with Gasteiger partial charge in [-0.15, -0.1) is 0 Å². The number of aromatic nitrogens is 1. The third-order valence-corrected chi connectivity index (χ3v) is 4.36. The number of benzene rings is 2. The zero-order valence-electron chi connectivity index (χ0n) is 12.9. The SMILES string of the molecule is O=C(c1ccc(-c2cnco2)cc1)N1CC(c2ccccc2F)C1. The lowest BCUT2D eigenvalue weighted by molar-refractivity contribution is 0.0599. The molecule has 1 saturated heterocycles. The third kappa shape index (κ3) is 2.58. The normalized spacial score (nSPS) is 14.5. The van der Waals surface area contributed by atoms with E-state index in [0.717, 1.165) is 5.56 Å². The highest BCUT2D eigenvalue weighted by molar-refractivity contribution is 5.95. The number of likely N-dealkylation sites (tertiary alicyclic amines) is 1. The molecule has 24 heavy (non-hydrogen) atoms. The van der Waals surface area contributed by atoms with Crippen LogP contribution >= 0.6 is 0 Å². The van der Waals surface area contributed by atoms with Crippen LogP contribution in [0.25, 0.3) is 11.3 Å². The van der Waals surface area contributed by atoms with Crippen LogP contribution in [0.2, 0.25) is 0 Å². The van der Waals surface area contributed by atoms with Crippen LogP contribution in [0.15, 0.2) is 65.5 Å². The Hall–Kier alpha value is -2.95. The zero-order chi connectivity index (χ0) is 16.5. The zero-order valence-corrected chi connectivity index (χ0v) is 12.9. The molecule has 0 spiro atoms. The van der Waals surface area contributed by atoms with Crippen molar-refractivity contribution < 1.29 is 13.6 Å². The molecule has 4 rings (SSSR count). The number of hydrogen-bond donors (Lipinski definition) is 0. The summed E-state index contributed by atoms with van der Waals surface area (Å²) in [5.74, 6) is 0.499. The molecule has 0 radical (unpaired) electrons. The van der Waals surface area contributed by atoms with Crippen molar-refractivity contribution in [2.24, 2.45) is 0 Å². The van der Waals surface area contributed by atoms with Crippen LogP contribution in [-0.2, 0) is 0 Å². The van der Waals surface area contributed by atoms with Gasteiger partial charge in [0.05, 0.1) is 6.20 Å². The molecule has 0 atom stereocenters. The van der Waals surface area contributed by atoms with Crippen molar-refractivity contribution in [2.45, 2.75) is 5.92 Å². The number of rotatable bonds is 3. The Labute approximate surface area is 138 Å². The molecule has 5 heteroatoms. The quantitative estimate of drug-likeness (QED) is 0.738. The standard InChI is InChI=1S/C19H15FN2O2/c20-17-4-2-1-3-16(17)15-10-22(11-15)19(23)14-7-5-13(6-8-14)18-9-21-12-24-18/h1-9,12,15H,10-11H2. The molecule has 4 nitrogen and oxygen atoms in total. The molecule has 0 N–H and O–H groups in total. The van der Waals surface area contributed by atoms with Crippen molar-refractivity contribution in [1.82, 2.24) is 9.88 Å². The summed E-state index contributed by atoms with van der Waals surface area (Å²) in [4.78, 5) is 18.1.